The summed E-state index contributed by atoms with van der Waals surface area (Å²) in [6.07, 6.45) is 4.26. The fourth-order valence-electron chi connectivity index (χ4n) is 3.48. The third-order valence-electron chi connectivity index (χ3n) is 4.92. The van der Waals surface area contributed by atoms with Crippen molar-refractivity contribution in [2.24, 2.45) is 0 Å². The summed E-state index contributed by atoms with van der Waals surface area (Å²) >= 11 is 1.20. The first-order valence-electron chi connectivity index (χ1n) is 9.04. The van der Waals surface area contributed by atoms with E-state index in [2.05, 4.69) is 31.7 Å². The van der Waals surface area contributed by atoms with Gasteiger partial charge in [-0.15, -0.1) is 0 Å². The van der Waals surface area contributed by atoms with Crippen LogP contribution in [0.25, 0.3) is 0 Å². The molecule has 28 heavy (non-hydrogen) atoms. The number of nitrogens with zero attached hydrogens (tertiary/aromatic N) is 5. The van der Waals surface area contributed by atoms with Gasteiger partial charge in [-0.1, -0.05) is 11.3 Å². The van der Waals surface area contributed by atoms with Crippen molar-refractivity contribution >= 4 is 22.3 Å². The van der Waals surface area contributed by atoms with E-state index in [1.807, 2.05) is 0 Å². The smallest absolute Gasteiger partial charge is 0.232 e. The minimum absolute atomic E-state index is 0. The Bertz CT molecular complexity index is 771. The Morgan fingerprint density at radius 1 is 1.32 bits per heavy atom. The maximum Gasteiger partial charge on any atom is 0.232 e. The summed E-state index contributed by atoms with van der Waals surface area (Å²) in [5, 5.41) is 0.262. The number of likely N-dealkylation sites (tertiary alicyclic amines) is 1. The van der Waals surface area contributed by atoms with Crippen molar-refractivity contribution in [3.63, 3.8) is 0 Å². The minimum atomic E-state index is -0.473. The van der Waals surface area contributed by atoms with Crippen molar-refractivity contribution in [3.8, 4) is 5.88 Å². The van der Waals surface area contributed by atoms with Crippen molar-refractivity contribution in [2.75, 3.05) is 43.5 Å². The predicted octanol–water partition coefficient (Wildman–Crippen LogP) is 0.708. The van der Waals surface area contributed by atoms with Gasteiger partial charge in [0, 0.05) is 38.6 Å². The van der Waals surface area contributed by atoms with Gasteiger partial charge in [0.05, 0.1) is 30.5 Å². The molecular formula is C17H25FN6O3S. The molecule has 4 heterocycles. The van der Waals surface area contributed by atoms with Gasteiger partial charge in [-0.05, 0) is 6.92 Å². The van der Waals surface area contributed by atoms with Crippen LogP contribution in [0.5, 0.6) is 5.88 Å². The van der Waals surface area contributed by atoms with Crippen molar-refractivity contribution in [1.29, 1.82) is 0 Å². The second-order valence-electron chi connectivity index (χ2n) is 6.83. The molecule has 2 aliphatic rings. The molecule has 0 aromatic carbocycles. The third kappa shape index (κ3) is 4.66. The van der Waals surface area contributed by atoms with Crippen LogP contribution >= 0.6 is 11.3 Å². The zero-order valence-electron chi connectivity index (χ0n) is 15.7. The maximum absolute atomic E-state index is 13.8. The maximum atomic E-state index is 13.8. The first kappa shape index (κ1) is 20.6. The summed E-state index contributed by atoms with van der Waals surface area (Å²) in [4.78, 5) is 17.4. The van der Waals surface area contributed by atoms with Gasteiger partial charge in [-0.2, -0.15) is 9.37 Å². The van der Waals surface area contributed by atoms with Crippen molar-refractivity contribution in [3.05, 3.63) is 23.2 Å². The Labute approximate surface area is 166 Å². The van der Waals surface area contributed by atoms with Gasteiger partial charge in [-0.3, -0.25) is 4.90 Å². The molecule has 2 aromatic rings. The molecule has 0 saturated carbocycles. The van der Waals surface area contributed by atoms with Crippen LogP contribution in [0.2, 0.25) is 0 Å². The summed E-state index contributed by atoms with van der Waals surface area (Å²) in [5.74, 6) is 0.878. The van der Waals surface area contributed by atoms with E-state index in [1.165, 1.54) is 11.3 Å². The van der Waals surface area contributed by atoms with E-state index >= 15 is 0 Å². The number of nitrogens with two attached hydrogens (primary N) is 1. The summed E-state index contributed by atoms with van der Waals surface area (Å²) in [7, 11) is 0. The van der Waals surface area contributed by atoms with E-state index in [9.17, 15) is 4.39 Å². The summed E-state index contributed by atoms with van der Waals surface area (Å²) < 4.78 is 25.1. The Hall–Kier alpha value is -2.08. The molecule has 2 fully saturated rings. The van der Waals surface area contributed by atoms with Crippen LogP contribution in [-0.4, -0.2) is 70.3 Å². The van der Waals surface area contributed by atoms with Crippen LogP contribution in [0.3, 0.4) is 0 Å². The summed E-state index contributed by atoms with van der Waals surface area (Å²) in [6.45, 7) is 6.36. The first-order chi connectivity index (χ1) is 13.1. The van der Waals surface area contributed by atoms with Crippen LogP contribution in [0.4, 0.5) is 15.3 Å². The van der Waals surface area contributed by atoms with Crippen molar-refractivity contribution in [1.82, 2.24) is 19.9 Å². The number of thiazole rings is 1. The molecule has 0 spiro atoms. The number of hydrogen-bond donors (Lipinski definition) is 1. The van der Waals surface area contributed by atoms with Gasteiger partial charge in [0.15, 0.2) is 5.13 Å². The highest BCUT2D eigenvalue weighted by Gasteiger charge is 2.32. The quantitative estimate of drug-likeness (QED) is 0.762. The molecule has 0 aliphatic carbocycles. The second kappa shape index (κ2) is 8.95. The first-order valence-corrected chi connectivity index (χ1v) is 9.86. The van der Waals surface area contributed by atoms with E-state index in [4.69, 9.17) is 15.2 Å². The lowest BCUT2D eigenvalue weighted by Gasteiger charge is -2.27. The monoisotopic (exact) mass is 412 g/mol. The highest BCUT2D eigenvalue weighted by Crippen LogP contribution is 2.27. The van der Waals surface area contributed by atoms with Crippen LogP contribution in [0.1, 0.15) is 18.2 Å². The Morgan fingerprint density at radius 2 is 2.11 bits per heavy atom. The Kier molecular flexibility index (Phi) is 6.60. The lowest BCUT2D eigenvalue weighted by atomic mass is 10.2. The van der Waals surface area contributed by atoms with Gasteiger partial charge in [-0.25, -0.2) is 9.97 Å². The van der Waals surface area contributed by atoms with Gasteiger partial charge in [0.1, 0.15) is 11.9 Å². The zero-order chi connectivity index (χ0) is 18.8. The number of morpholine rings is 1. The standard InChI is InChI=1S/C17H23FN6O2S.H2O/c1-11-6-12(9-24(11)10-13-16(18)22-17(19)27-13)26-15-8-20-14(7-21-15)23-2-4-25-5-3-23;/h7-8,11-12H,2-6,9-10H2,1H3,(H2,19,22);1H2/t11-,12+;/m0./s1. The zero-order valence-corrected chi connectivity index (χ0v) is 16.5. The van der Waals surface area contributed by atoms with E-state index < -0.39 is 5.95 Å². The highest BCUT2D eigenvalue weighted by molar-refractivity contribution is 7.15. The summed E-state index contributed by atoms with van der Waals surface area (Å²) in [6, 6.07) is 0.276. The van der Waals surface area contributed by atoms with Gasteiger partial charge in [0.2, 0.25) is 11.8 Å². The van der Waals surface area contributed by atoms with Gasteiger partial charge in [0.25, 0.3) is 0 Å². The van der Waals surface area contributed by atoms with E-state index in [-0.39, 0.29) is 22.8 Å². The van der Waals surface area contributed by atoms with Crippen LogP contribution < -0.4 is 15.4 Å². The van der Waals surface area contributed by atoms with E-state index in [0.717, 1.165) is 25.3 Å². The molecule has 0 radical (unpaired) electrons. The third-order valence-corrected chi connectivity index (χ3v) is 5.76. The molecule has 2 aromatic heterocycles. The fraction of sp³-hybridized carbons (Fsp3) is 0.588. The molecule has 0 amide bonds. The molecule has 2 atom stereocenters. The van der Waals surface area contributed by atoms with Crippen molar-refractivity contribution < 1.29 is 19.3 Å². The fourth-order valence-corrected chi connectivity index (χ4v) is 4.22. The lowest BCUT2D eigenvalue weighted by Crippen LogP contribution is -2.36. The lowest BCUT2D eigenvalue weighted by molar-refractivity contribution is 0.122. The largest absolute Gasteiger partial charge is 0.472 e. The molecule has 2 aliphatic heterocycles. The number of rotatable bonds is 5. The van der Waals surface area contributed by atoms with Gasteiger partial charge < -0.3 is 25.6 Å². The number of hydrogen-bond acceptors (Lipinski definition) is 9. The molecule has 154 valence electrons. The van der Waals surface area contributed by atoms with Crippen LogP contribution in [0.15, 0.2) is 12.4 Å². The molecule has 11 heteroatoms. The number of ether oxygens (including phenoxy) is 2. The van der Waals surface area contributed by atoms with E-state index in [0.29, 0.717) is 37.1 Å². The van der Waals surface area contributed by atoms with E-state index in [1.54, 1.807) is 12.4 Å². The number of aromatic nitrogens is 3. The minimum Gasteiger partial charge on any atom is -0.472 e. The number of nitrogen functional groups attached to an aromatic ring is 1. The second-order valence-corrected chi connectivity index (χ2v) is 7.95. The Balaban J connectivity index is 0.00000225. The molecule has 4 N–H and O–H groups in total. The molecule has 2 saturated heterocycles. The molecule has 9 nitrogen and oxygen atoms in total. The average Bonchev–Trinajstić information content (AvgIpc) is 3.17. The number of anilines is 2. The van der Waals surface area contributed by atoms with Crippen LogP contribution in [0, 0.1) is 5.95 Å². The normalized spacial score (nSPS) is 22.9. The average molecular weight is 412 g/mol. The SMILES string of the molecule is C[C@H]1C[C@@H](Oc2cnc(N3CCOCC3)cn2)CN1Cc1sc(N)nc1F.O. The molecule has 0 bridgehead atoms. The van der Waals surface area contributed by atoms with Gasteiger partial charge >= 0.3 is 0 Å². The molecular weight excluding hydrogens is 387 g/mol. The predicted molar refractivity (Wildman–Crippen MR) is 104 cm³/mol. The topological polar surface area (TPSA) is 121 Å². The highest BCUT2D eigenvalue weighted by atomic mass is 32.1. The Morgan fingerprint density at radius 3 is 2.75 bits per heavy atom. The molecule has 4 rings (SSSR count). The number of halogens is 1. The molecule has 0 unspecified atom stereocenters. The summed E-state index contributed by atoms with van der Waals surface area (Å²) in [5.41, 5.74) is 5.58. The van der Waals surface area contributed by atoms with Crippen molar-refractivity contribution in [2.45, 2.75) is 32.0 Å². The van der Waals surface area contributed by atoms with Crippen LogP contribution in [-0.2, 0) is 11.3 Å².